The first-order valence-corrected chi connectivity index (χ1v) is 13.1. The second kappa shape index (κ2) is 8.22. The standard InChI is InChI=1S/C22H29N3O6S/c1-32(28,29)25-6-4-15(5-7-25)21(26)23-8-10-24(11-9-23)22(27)18-13-17(18)16-2-3-19-20(12-16)31-14-30-19/h2-3,12,15,17-18H,4-11,13-14H2,1H3. The van der Waals surface area contributed by atoms with Crippen molar-refractivity contribution in [1.82, 2.24) is 14.1 Å². The highest BCUT2D eigenvalue weighted by Crippen LogP contribution is 2.50. The SMILES string of the molecule is CS(=O)(=O)N1CCC(C(=O)N2CCN(C(=O)C3CC3c3ccc4c(c3)OCO4)CC2)CC1. The lowest BCUT2D eigenvalue weighted by Gasteiger charge is -2.38. The molecule has 2 amide bonds. The van der Waals surface area contributed by atoms with Gasteiger partial charge < -0.3 is 19.3 Å². The van der Waals surface area contributed by atoms with Crippen LogP contribution in [0.3, 0.4) is 0 Å². The van der Waals surface area contributed by atoms with Crippen LogP contribution in [0.4, 0.5) is 0 Å². The molecule has 0 aromatic heterocycles. The summed E-state index contributed by atoms with van der Waals surface area (Å²) < 4.78 is 35.6. The molecule has 0 N–H and O–H groups in total. The number of amides is 2. The average molecular weight is 464 g/mol. The minimum Gasteiger partial charge on any atom is -0.454 e. The average Bonchev–Trinajstić information content (AvgIpc) is 3.46. The van der Waals surface area contributed by atoms with Crippen LogP contribution in [0.1, 0.15) is 30.7 Å². The van der Waals surface area contributed by atoms with Gasteiger partial charge in [-0.3, -0.25) is 9.59 Å². The topological polar surface area (TPSA) is 96.5 Å². The number of benzene rings is 1. The number of piperazine rings is 1. The first kappa shape index (κ1) is 21.5. The van der Waals surface area contributed by atoms with E-state index < -0.39 is 10.0 Å². The first-order valence-electron chi connectivity index (χ1n) is 11.2. The van der Waals surface area contributed by atoms with Crippen molar-refractivity contribution in [3.8, 4) is 11.5 Å². The molecule has 174 valence electrons. The molecular formula is C22H29N3O6S. The van der Waals surface area contributed by atoms with Crippen molar-refractivity contribution in [2.75, 3.05) is 52.3 Å². The van der Waals surface area contributed by atoms with Crippen molar-refractivity contribution < 1.29 is 27.5 Å². The summed E-state index contributed by atoms with van der Waals surface area (Å²) >= 11 is 0. The minimum absolute atomic E-state index is 0.00190. The van der Waals surface area contributed by atoms with E-state index in [2.05, 4.69) is 0 Å². The Labute approximate surface area is 188 Å². The Bertz CT molecular complexity index is 1010. The summed E-state index contributed by atoms with van der Waals surface area (Å²) in [6.45, 7) is 3.23. The Hall–Kier alpha value is -2.33. The molecule has 4 aliphatic rings. The second-order valence-electron chi connectivity index (χ2n) is 9.15. The van der Waals surface area contributed by atoms with Crippen LogP contribution in [0.15, 0.2) is 18.2 Å². The van der Waals surface area contributed by atoms with E-state index in [1.807, 2.05) is 28.0 Å². The fraction of sp³-hybridized carbons (Fsp3) is 0.636. The van der Waals surface area contributed by atoms with Crippen LogP contribution in [-0.4, -0.2) is 86.7 Å². The van der Waals surface area contributed by atoms with E-state index in [0.717, 1.165) is 23.5 Å². The van der Waals surface area contributed by atoms with Crippen molar-refractivity contribution >= 4 is 21.8 Å². The number of carbonyl (C=O) groups excluding carboxylic acids is 2. The predicted octanol–water partition coefficient (Wildman–Crippen LogP) is 0.861. The zero-order chi connectivity index (χ0) is 22.5. The van der Waals surface area contributed by atoms with Crippen LogP contribution in [0.5, 0.6) is 11.5 Å². The molecule has 0 spiro atoms. The van der Waals surface area contributed by atoms with E-state index in [0.29, 0.717) is 52.1 Å². The third-order valence-electron chi connectivity index (χ3n) is 7.11. The van der Waals surface area contributed by atoms with Crippen molar-refractivity contribution in [3.05, 3.63) is 23.8 Å². The molecule has 0 bridgehead atoms. The molecule has 1 aliphatic carbocycles. The first-order chi connectivity index (χ1) is 15.3. The smallest absolute Gasteiger partial charge is 0.231 e. The zero-order valence-electron chi connectivity index (χ0n) is 18.2. The zero-order valence-corrected chi connectivity index (χ0v) is 19.1. The van der Waals surface area contributed by atoms with Gasteiger partial charge in [0.25, 0.3) is 0 Å². The molecule has 2 atom stereocenters. The minimum atomic E-state index is -3.20. The van der Waals surface area contributed by atoms with Gasteiger partial charge in [0.2, 0.25) is 28.6 Å². The van der Waals surface area contributed by atoms with Gasteiger partial charge in [-0.1, -0.05) is 6.07 Å². The van der Waals surface area contributed by atoms with E-state index in [1.54, 1.807) is 0 Å². The second-order valence-corrected chi connectivity index (χ2v) is 11.1. The van der Waals surface area contributed by atoms with Crippen molar-refractivity contribution in [2.45, 2.75) is 25.2 Å². The molecule has 10 heteroatoms. The number of carbonyl (C=O) groups is 2. The third kappa shape index (κ3) is 4.17. The Morgan fingerprint density at radius 1 is 0.906 bits per heavy atom. The number of hydrogen-bond donors (Lipinski definition) is 0. The molecule has 5 rings (SSSR count). The molecule has 2 saturated heterocycles. The summed E-state index contributed by atoms with van der Waals surface area (Å²) in [5.74, 6) is 1.84. The van der Waals surface area contributed by atoms with Gasteiger partial charge >= 0.3 is 0 Å². The number of hydrogen-bond acceptors (Lipinski definition) is 6. The Morgan fingerprint density at radius 2 is 1.53 bits per heavy atom. The van der Waals surface area contributed by atoms with Crippen LogP contribution in [-0.2, 0) is 19.6 Å². The maximum Gasteiger partial charge on any atom is 0.231 e. The summed E-state index contributed by atoms with van der Waals surface area (Å²) in [6, 6.07) is 5.89. The molecule has 0 radical (unpaired) electrons. The quantitative estimate of drug-likeness (QED) is 0.657. The highest BCUT2D eigenvalue weighted by molar-refractivity contribution is 7.88. The molecule has 32 heavy (non-hydrogen) atoms. The van der Waals surface area contributed by atoms with Gasteiger partial charge in [0, 0.05) is 51.1 Å². The molecule has 3 aliphatic heterocycles. The van der Waals surface area contributed by atoms with E-state index in [-0.39, 0.29) is 36.4 Å². The van der Waals surface area contributed by atoms with Crippen molar-refractivity contribution in [3.63, 3.8) is 0 Å². The van der Waals surface area contributed by atoms with Gasteiger partial charge in [0.1, 0.15) is 0 Å². The molecule has 1 saturated carbocycles. The van der Waals surface area contributed by atoms with Gasteiger partial charge in [-0.15, -0.1) is 0 Å². The van der Waals surface area contributed by atoms with Crippen molar-refractivity contribution in [1.29, 1.82) is 0 Å². The fourth-order valence-corrected chi connectivity index (χ4v) is 5.93. The number of sulfonamides is 1. The molecule has 1 aromatic rings. The van der Waals surface area contributed by atoms with Gasteiger partial charge in [-0.25, -0.2) is 12.7 Å². The largest absolute Gasteiger partial charge is 0.454 e. The van der Waals surface area contributed by atoms with Crippen LogP contribution in [0.25, 0.3) is 0 Å². The molecule has 2 unspecified atom stereocenters. The Balaban J connectivity index is 1.10. The lowest BCUT2D eigenvalue weighted by atomic mass is 9.96. The highest BCUT2D eigenvalue weighted by atomic mass is 32.2. The number of piperidine rings is 1. The fourth-order valence-electron chi connectivity index (χ4n) is 5.05. The molecular weight excluding hydrogens is 434 g/mol. The number of fused-ring (bicyclic) bond motifs is 1. The summed E-state index contributed by atoms with van der Waals surface area (Å²) in [6.07, 6.45) is 3.17. The maximum atomic E-state index is 13.0. The number of rotatable bonds is 4. The van der Waals surface area contributed by atoms with Gasteiger partial charge in [0.05, 0.1) is 6.26 Å². The lowest BCUT2D eigenvalue weighted by molar-refractivity contribution is -0.143. The molecule has 9 nitrogen and oxygen atoms in total. The van der Waals surface area contributed by atoms with E-state index in [4.69, 9.17) is 9.47 Å². The number of ether oxygens (including phenoxy) is 2. The monoisotopic (exact) mass is 463 g/mol. The van der Waals surface area contributed by atoms with Gasteiger partial charge in [0.15, 0.2) is 11.5 Å². The van der Waals surface area contributed by atoms with Crippen LogP contribution < -0.4 is 9.47 Å². The van der Waals surface area contributed by atoms with E-state index in [9.17, 15) is 18.0 Å². The normalized spacial score (nSPS) is 26.3. The Morgan fingerprint density at radius 3 is 2.19 bits per heavy atom. The lowest BCUT2D eigenvalue weighted by Crippen LogP contribution is -2.53. The summed E-state index contributed by atoms with van der Waals surface area (Å²) in [4.78, 5) is 29.6. The highest BCUT2D eigenvalue weighted by Gasteiger charge is 2.46. The summed E-state index contributed by atoms with van der Waals surface area (Å²) in [5, 5.41) is 0. The van der Waals surface area contributed by atoms with Crippen LogP contribution in [0.2, 0.25) is 0 Å². The Kier molecular flexibility index (Phi) is 5.53. The molecule has 3 heterocycles. The maximum absolute atomic E-state index is 13.0. The van der Waals surface area contributed by atoms with Crippen LogP contribution >= 0.6 is 0 Å². The van der Waals surface area contributed by atoms with E-state index in [1.165, 1.54) is 10.6 Å². The van der Waals surface area contributed by atoms with Crippen LogP contribution in [0, 0.1) is 11.8 Å². The van der Waals surface area contributed by atoms with Gasteiger partial charge in [-0.2, -0.15) is 0 Å². The molecule has 3 fully saturated rings. The summed E-state index contributed by atoms with van der Waals surface area (Å²) in [7, 11) is -3.20. The molecule has 1 aromatic carbocycles. The van der Waals surface area contributed by atoms with Crippen molar-refractivity contribution in [2.24, 2.45) is 11.8 Å². The third-order valence-corrected chi connectivity index (χ3v) is 8.41. The summed E-state index contributed by atoms with van der Waals surface area (Å²) in [5.41, 5.74) is 1.11. The van der Waals surface area contributed by atoms with Gasteiger partial charge in [-0.05, 0) is 42.9 Å². The number of nitrogens with zero attached hydrogens (tertiary/aromatic N) is 3. The van der Waals surface area contributed by atoms with E-state index >= 15 is 0 Å². The predicted molar refractivity (Wildman–Crippen MR) is 116 cm³/mol.